The van der Waals surface area contributed by atoms with Crippen molar-refractivity contribution in [3.8, 4) is 11.5 Å². The smallest absolute Gasteiger partial charge is 0.247 e. The second-order valence-electron chi connectivity index (χ2n) is 5.69. The summed E-state index contributed by atoms with van der Waals surface area (Å²) in [5.41, 5.74) is 2.79. The van der Waals surface area contributed by atoms with E-state index in [4.69, 9.17) is 9.47 Å². The highest BCUT2D eigenvalue weighted by atomic mass is 79.9. The fraction of sp³-hybridized carbons (Fsp3) is 0.263. The summed E-state index contributed by atoms with van der Waals surface area (Å²) in [4.78, 5) is 12.5. The standard InChI is InChI=1S/C19H19BrN2O3/c1-24-17-7-6-14(12-18(17)25-2)16-8-9-22(21-16)19(23)11-13-4-3-5-15(20)10-13/h3-7,10,12H,8-9,11H2,1-2H3. The number of rotatable bonds is 5. The summed E-state index contributed by atoms with van der Waals surface area (Å²) in [5, 5.41) is 6.05. The molecule has 6 heteroatoms. The summed E-state index contributed by atoms with van der Waals surface area (Å²) in [7, 11) is 3.21. The molecule has 0 saturated heterocycles. The molecule has 0 aromatic heterocycles. The third-order valence-corrected chi connectivity index (χ3v) is 4.54. The summed E-state index contributed by atoms with van der Waals surface area (Å²) in [6, 6.07) is 13.4. The van der Waals surface area contributed by atoms with Gasteiger partial charge in [-0.05, 0) is 35.9 Å². The van der Waals surface area contributed by atoms with Gasteiger partial charge in [-0.2, -0.15) is 5.10 Å². The molecular formula is C19H19BrN2O3. The Morgan fingerprint density at radius 1 is 1.16 bits per heavy atom. The van der Waals surface area contributed by atoms with Gasteiger partial charge in [0.05, 0.1) is 32.9 Å². The first-order valence-corrected chi connectivity index (χ1v) is 8.74. The number of hydrogen-bond donors (Lipinski definition) is 0. The summed E-state index contributed by atoms with van der Waals surface area (Å²) in [6.45, 7) is 0.594. The van der Waals surface area contributed by atoms with Crippen LogP contribution in [0.3, 0.4) is 0 Å². The fourth-order valence-corrected chi connectivity index (χ4v) is 3.22. The molecule has 2 aromatic carbocycles. The lowest BCUT2D eigenvalue weighted by Gasteiger charge is -2.11. The van der Waals surface area contributed by atoms with Crippen molar-refractivity contribution in [3.63, 3.8) is 0 Å². The number of carbonyl (C=O) groups excluding carboxylic acids is 1. The molecule has 0 aliphatic carbocycles. The van der Waals surface area contributed by atoms with Gasteiger partial charge in [-0.25, -0.2) is 5.01 Å². The van der Waals surface area contributed by atoms with E-state index in [1.165, 1.54) is 0 Å². The highest BCUT2D eigenvalue weighted by Crippen LogP contribution is 2.29. The molecule has 0 saturated carbocycles. The van der Waals surface area contributed by atoms with Gasteiger partial charge in [0.25, 0.3) is 0 Å². The van der Waals surface area contributed by atoms with Crippen LogP contribution in [0.4, 0.5) is 0 Å². The van der Waals surface area contributed by atoms with Crippen molar-refractivity contribution in [2.45, 2.75) is 12.8 Å². The molecule has 2 aromatic rings. The highest BCUT2D eigenvalue weighted by molar-refractivity contribution is 9.10. The molecule has 0 bridgehead atoms. The topological polar surface area (TPSA) is 51.1 Å². The van der Waals surface area contributed by atoms with Crippen LogP contribution in [0.15, 0.2) is 52.0 Å². The lowest BCUT2D eigenvalue weighted by Crippen LogP contribution is -2.25. The number of carbonyl (C=O) groups is 1. The molecule has 1 aliphatic rings. The average Bonchev–Trinajstić information content (AvgIpc) is 3.11. The number of hydrogen-bond acceptors (Lipinski definition) is 4. The Hall–Kier alpha value is -2.34. The number of amides is 1. The second kappa shape index (κ2) is 7.70. The van der Waals surface area contributed by atoms with Gasteiger partial charge in [-0.1, -0.05) is 28.1 Å². The number of nitrogens with zero attached hydrogens (tertiary/aromatic N) is 2. The molecular weight excluding hydrogens is 384 g/mol. The highest BCUT2D eigenvalue weighted by Gasteiger charge is 2.22. The first kappa shape index (κ1) is 17.5. The van der Waals surface area contributed by atoms with Crippen molar-refractivity contribution in [1.29, 1.82) is 0 Å². The summed E-state index contributed by atoms with van der Waals surface area (Å²) >= 11 is 3.43. The Morgan fingerprint density at radius 3 is 2.68 bits per heavy atom. The van der Waals surface area contributed by atoms with Crippen LogP contribution >= 0.6 is 15.9 Å². The number of halogens is 1. The van der Waals surface area contributed by atoms with E-state index in [1.807, 2.05) is 42.5 Å². The van der Waals surface area contributed by atoms with E-state index in [9.17, 15) is 4.79 Å². The Bertz CT molecular complexity index is 820. The lowest BCUT2D eigenvalue weighted by molar-refractivity contribution is -0.130. The van der Waals surface area contributed by atoms with Gasteiger partial charge in [-0.3, -0.25) is 4.79 Å². The monoisotopic (exact) mass is 402 g/mol. The number of hydrazone groups is 1. The van der Waals surface area contributed by atoms with E-state index in [-0.39, 0.29) is 5.91 Å². The van der Waals surface area contributed by atoms with Crippen LogP contribution in [-0.4, -0.2) is 37.4 Å². The number of benzene rings is 2. The van der Waals surface area contributed by atoms with Gasteiger partial charge in [0.1, 0.15) is 0 Å². The SMILES string of the molecule is COc1ccc(C2=NN(C(=O)Cc3cccc(Br)c3)CC2)cc1OC. The minimum Gasteiger partial charge on any atom is -0.493 e. The maximum absolute atomic E-state index is 12.5. The Labute approximate surface area is 155 Å². The molecule has 0 spiro atoms. The van der Waals surface area contributed by atoms with E-state index >= 15 is 0 Å². The zero-order valence-electron chi connectivity index (χ0n) is 14.2. The third kappa shape index (κ3) is 4.02. The van der Waals surface area contributed by atoms with Crippen LogP contribution in [-0.2, 0) is 11.2 Å². The number of ether oxygens (including phenoxy) is 2. The van der Waals surface area contributed by atoms with Gasteiger partial charge < -0.3 is 9.47 Å². The van der Waals surface area contributed by atoms with Crippen molar-refractivity contribution in [2.75, 3.05) is 20.8 Å². The molecule has 0 atom stereocenters. The quantitative estimate of drug-likeness (QED) is 0.766. The molecule has 5 nitrogen and oxygen atoms in total. The van der Waals surface area contributed by atoms with Crippen molar-refractivity contribution in [1.82, 2.24) is 5.01 Å². The Kier molecular flexibility index (Phi) is 5.38. The van der Waals surface area contributed by atoms with E-state index < -0.39 is 0 Å². The summed E-state index contributed by atoms with van der Waals surface area (Å²) in [5.74, 6) is 1.32. The molecule has 25 heavy (non-hydrogen) atoms. The van der Waals surface area contributed by atoms with Crippen molar-refractivity contribution >= 4 is 27.5 Å². The molecule has 3 rings (SSSR count). The summed E-state index contributed by atoms with van der Waals surface area (Å²) < 4.78 is 11.6. The van der Waals surface area contributed by atoms with Crippen LogP contribution < -0.4 is 9.47 Å². The van der Waals surface area contributed by atoms with Crippen molar-refractivity contribution in [2.24, 2.45) is 5.10 Å². The normalized spacial score (nSPS) is 13.6. The predicted molar refractivity (Wildman–Crippen MR) is 100 cm³/mol. The molecule has 1 aliphatic heterocycles. The minimum absolute atomic E-state index is 0.00595. The van der Waals surface area contributed by atoms with Gasteiger partial charge in [-0.15, -0.1) is 0 Å². The maximum Gasteiger partial charge on any atom is 0.247 e. The summed E-state index contributed by atoms with van der Waals surface area (Å²) in [6.07, 6.45) is 1.06. The Morgan fingerprint density at radius 2 is 1.96 bits per heavy atom. The first-order chi connectivity index (χ1) is 12.1. The average molecular weight is 403 g/mol. The van der Waals surface area contributed by atoms with Crippen LogP contribution in [0.1, 0.15) is 17.5 Å². The van der Waals surface area contributed by atoms with Crippen LogP contribution in [0.25, 0.3) is 0 Å². The van der Waals surface area contributed by atoms with Gasteiger partial charge >= 0.3 is 0 Å². The lowest BCUT2D eigenvalue weighted by atomic mass is 10.1. The molecule has 130 valence electrons. The Balaban J connectivity index is 1.74. The second-order valence-corrected chi connectivity index (χ2v) is 6.61. The van der Waals surface area contributed by atoms with Gasteiger partial charge in [0, 0.05) is 16.5 Å². The fourth-order valence-electron chi connectivity index (χ4n) is 2.77. The van der Waals surface area contributed by atoms with E-state index in [2.05, 4.69) is 21.0 Å². The largest absolute Gasteiger partial charge is 0.493 e. The maximum atomic E-state index is 12.5. The van der Waals surface area contributed by atoms with Crippen molar-refractivity contribution < 1.29 is 14.3 Å². The van der Waals surface area contributed by atoms with Crippen molar-refractivity contribution in [3.05, 3.63) is 58.1 Å². The molecule has 0 fully saturated rings. The van der Waals surface area contributed by atoms with Crippen LogP contribution in [0, 0.1) is 0 Å². The molecule has 1 heterocycles. The molecule has 0 N–H and O–H groups in total. The van der Waals surface area contributed by atoms with Crippen LogP contribution in [0.5, 0.6) is 11.5 Å². The zero-order valence-corrected chi connectivity index (χ0v) is 15.7. The van der Waals surface area contributed by atoms with Gasteiger partial charge in [0.2, 0.25) is 5.91 Å². The molecule has 0 unspecified atom stereocenters. The number of methoxy groups -OCH3 is 2. The van der Waals surface area contributed by atoms with Crippen LogP contribution in [0.2, 0.25) is 0 Å². The van der Waals surface area contributed by atoms with Gasteiger partial charge in [0.15, 0.2) is 11.5 Å². The predicted octanol–water partition coefficient (Wildman–Crippen LogP) is 3.65. The molecule has 1 amide bonds. The third-order valence-electron chi connectivity index (χ3n) is 4.05. The van der Waals surface area contributed by atoms with E-state index in [0.717, 1.165) is 27.7 Å². The zero-order chi connectivity index (χ0) is 17.8. The minimum atomic E-state index is -0.00595. The van der Waals surface area contributed by atoms with E-state index in [0.29, 0.717) is 24.5 Å². The molecule has 0 radical (unpaired) electrons. The first-order valence-electron chi connectivity index (χ1n) is 7.95. The van der Waals surface area contributed by atoms with E-state index in [1.54, 1.807) is 19.2 Å².